The minimum atomic E-state index is -0.796. The van der Waals surface area contributed by atoms with E-state index in [2.05, 4.69) is 0 Å². The number of anilines is 1. The number of carbonyl (C=O) groups is 1. The van der Waals surface area contributed by atoms with Crippen molar-refractivity contribution in [2.75, 3.05) is 19.1 Å². The number of fused-ring (bicyclic) bond motifs is 1. The molecule has 0 bridgehead atoms. The molecule has 1 heterocycles. The summed E-state index contributed by atoms with van der Waals surface area (Å²) < 4.78 is 5.22. The Kier molecular flexibility index (Phi) is 2.26. The number of para-hydroxylation sites is 1. The average molecular weight is 207 g/mol. The molecule has 0 aliphatic carbocycles. The van der Waals surface area contributed by atoms with Crippen LogP contribution >= 0.6 is 0 Å². The smallest absolute Gasteiger partial charge is 0.326 e. The summed E-state index contributed by atoms with van der Waals surface area (Å²) in [6.45, 7) is 0. The number of hydrogen-bond acceptors (Lipinski definition) is 3. The number of nitrogens with zero attached hydrogens (tertiary/aromatic N) is 1. The molecule has 1 aromatic carbocycles. The second kappa shape index (κ2) is 3.46. The highest BCUT2D eigenvalue weighted by molar-refractivity contribution is 5.84. The van der Waals surface area contributed by atoms with E-state index in [9.17, 15) is 4.79 Å². The first-order chi connectivity index (χ1) is 7.15. The monoisotopic (exact) mass is 207 g/mol. The number of ether oxygens (including phenoxy) is 1. The van der Waals surface area contributed by atoms with Crippen molar-refractivity contribution in [2.24, 2.45) is 0 Å². The molecule has 1 atom stereocenters. The first-order valence-corrected chi connectivity index (χ1v) is 4.76. The maximum atomic E-state index is 11.0. The van der Waals surface area contributed by atoms with Gasteiger partial charge in [0, 0.05) is 13.5 Å². The molecule has 80 valence electrons. The molecule has 1 unspecified atom stereocenters. The summed E-state index contributed by atoms with van der Waals surface area (Å²) in [7, 11) is 3.38. The lowest BCUT2D eigenvalue weighted by Crippen LogP contribution is -2.35. The fraction of sp³-hybridized carbons (Fsp3) is 0.364. The molecular weight excluding hydrogens is 194 g/mol. The van der Waals surface area contributed by atoms with E-state index in [4.69, 9.17) is 9.84 Å². The van der Waals surface area contributed by atoms with Gasteiger partial charge < -0.3 is 14.7 Å². The molecule has 0 saturated heterocycles. The minimum Gasteiger partial charge on any atom is -0.495 e. The first-order valence-electron chi connectivity index (χ1n) is 4.76. The molecule has 0 radical (unpaired) electrons. The molecule has 0 aromatic heterocycles. The summed E-state index contributed by atoms with van der Waals surface area (Å²) in [5.41, 5.74) is 1.93. The van der Waals surface area contributed by atoms with Crippen LogP contribution in [0.1, 0.15) is 5.56 Å². The van der Waals surface area contributed by atoms with E-state index < -0.39 is 12.0 Å². The third-order valence-electron chi connectivity index (χ3n) is 2.82. The van der Waals surface area contributed by atoms with Gasteiger partial charge in [0.25, 0.3) is 0 Å². The molecule has 4 heteroatoms. The third kappa shape index (κ3) is 1.42. The largest absolute Gasteiger partial charge is 0.495 e. The minimum absolute atomic E-state index is 0.476. The van der Waals surface area contributed by atoms with Crippen molar-refractivity contribution in [3.63, 3.8) is 0 Å². The molecule has 0 amide bonds. The highest BCUT2D eigenvalue weighted by atomic mass is 16.5. The summed E-state index contributed by atoms with van der Waals surface area (Å²) in [6.07, 6.45) is 0.540. The van der Waals surface area contributed by atoms with E-state index in [1.54, 1.807) is 19.1 Å². The maximum absolute atomic E-state index is 11.0. The van der Waals surface area contributed by atoms with Gasteiger partial charge in [-0.3, -0.25) is 0 Å². The van der Waals surface area contributed by atoms with E-state index in [-0.39, 0.29) is 0 Å². The Hall–Kier alpha value is -1.71. The summed E-state index contributed by atoms with van der Waals surface area (Å²) in [5.74, 6) is -0.0606. The van der Waals surface area contributed by atoms with Crippen molar-refractivity contribution in [1.29, 1.82) is 0 Å². The van der Waals surface area contributed by atoms with Crippen LogP contribution in [0.3, 0.4) is 0 Å². The van der Waals surface area contributed by atoms with Crippen LogP contribution in [0, 0.1) is 0 Å². The second-order valence-corrected chi connectivity index (χ2v) is 3.64. The highest BCUT2D eigenvalue weighted by Crippen LogP contribution is 2.38. The average Bonchev–Trinajstić information content (AvgIpc) is 2.56. The number of aliphatic carboxylic acids is 1. The van der Waals surface area contributed by atoms with Crippen molar-refractivity contribution in [1.82, 2.24) is 0 Å². The molecule has 4 nitrogen and oxygen atoms in total. The van der Waals surface area contributed by atoms with Crippen LogP contribution in [0.4, 0.5) is 5.69 Å². The van der Waals surface area contributed by atoms with Gasteiger partial charge in [0.1, 0.15) is 11.8 Å². The topological polar surface area (TPSA) is 49.8 Å². The Bertz CT molecular complexity index is 403. The predicted molar refractivity (Wildman–Crippen MR) is 56.5 cm³/mol. The number of benzene rings is 1. The number of rotatable bonds is 2. The molecular formula is C11H13NO3. The number of hydrogen-bond donors (Lipinski definition) is 1. The predicted octanol–water partition coefficient (Wildman–Crippen LogP) is 1.14. The Morgan fingerprint density at radius 2 is 2.33 bits per heavy atom. The van der Waals surface area contributed by atoms with Crippen LogP contribution in [0.5, 0.6) is 5.75 Å². The molecule has 1 N–H and O–H groups in total. The van der Waals surface area contributed by atoms with Crippen molar-refractivity contribution in [3.05, 3.63) is 23.8 Å². The Morgan fingerprint density at radius 3 is 2.93 bits per heavy atom. The van der Waals surface area contributed by atoms with E-state index >= 15 is 0 Å². The number of methoxy groups -OCH3 is 1. The maximum Gasteiger partial charge on any atom is 0.326 e. The molecule has 1 aliphatic rings. The van der Waals surface area contributed by atoms with Gasteiger partial charge in [-0.1, -0.05) is 12.1 Å². The number of likely N-dealkylation sites (N-methyl/N-ethyl adjacent to an activating group) is 1. The van der Waals surface area contributed by atoms with E-state index in [1.807, 2.05) is 18.2 Å². The lowest BCUT2D eigenvalue weighted by molar-refractivity contribution is -0.138. The lowest BCUT2D eigenvalue weighted by Gasteiger charge is -2.20. The summed E-state index contributed by atoms with van der Waals surface area (Å²) in [6, 6.07) is 5.20. The zero-order valence-corrected chi connectivity index (χ0v) is 8.73. The van der Waals surface area contributed by atoms with Crippen LogP contribution < -0.4 is 9.64 Å². The standard InChI is InChI=1S/C11H13NO3/c1-12-8(11(13)14)6-7-4-3-5-9(15-2)10(7)12/h3-5,8H,6H2,1-2H3,(H,13,14). The zero-order chi connectivity index (χ0) is 11.0. The van der Waals surface area contributed by atoms with Crippen molar-refractivity contribution >= 4 is 11.7 Å². The number of carboxylic acid groups (broad SMARTS) is 1. The summed E-state index contributed by atoms with van der Waals surface area (Å²) >= 11 is 0. The molecule has 0 saturated carbocycles. The molecule has 0 spiro atoms. The van der Waals surface area contributed by atoms with Crippen molar-refractivity contribution in [3.8, 4) is 5.75 Å². The summed E-state index contributed by atoms with van der Waals surface area (Å²) in [4.78, 5) is 12.8. The second-order valence-electron chi connectivity index (χ2n) is 3.64. The Balaban J connectivity index is 2.45. The highest BCUT2D eigenvalue weighted by Gasteiger charge is 2.33. The van der Waals surface area contributed by atoms with Gasteiger partial charge >= 0.3 is 5.97 Å². The van der Waals surface area contributed by atoms with Gasteiger partial charge in [0.15, 0.2) is 0 Å². The fourth-order valence-corrected chi connectivity index (χ4v) is 2.05. The fourth-order valence-electron chi connectivity index (χ4n) is 2.05. The van der Waals surface area contributed by atoms with E-state index in [0.717, 1.165) is 17.0 Å². The van der Waals surface area contributed by atoms with Gasteiger partial charge in [-0.15, -0.1) is 0 Å². The summed E-state index contributed by atoms with van der Waals surface area (Å²) in [5, 5.41) is 9.04. The SMILES string of the molecule is COc1cccc2c1N(C)C(C(=O)O)C2. The molecule has 15 heavy (non-hydrogen) atoms. The quantitative estimate of drug-likeness (QED) is 0.790. The van der Waals surface area contributed by atoms with Crippen LogP contribution in [0.25, 0.3) is 0 Å². The van der Waals surface area contributed by atoms with Crippen molar-refractivity contribution < 1.29 is 14.6 Å². The van der Waals surface area contributed by atoms with Crippen molar-refractivity contribution in [2.45, 2.75) is 12.5 Å². The van der Waals surface area contributed by atoms with E-state index in [1.165, 1.54) is 0 Å². The van der Waals surface area contributed by atoms with Crippen LogP contribution in [-0.4, -0.2) is 31.3 Å². The zero-order valence-electron chi connectivity index (χ0n) is 8.73. The first kappa shape index (κ1) is 9.83. The van der Waals surface area contributed by atoms with Gasteiger partial charge in [-0.05, 0) is 11.6 Å². The van der Waals surface area contributed by atoms with E-state index in [0.29, 0.717) is 6.42 Å². The van der Waals surface area contributed by atoms with Crippen LogP contribution in [0.15, 0.2) is 18.2 Å². The Labute approximate surface area is 88.1 Å². The van der Waals surface area contributed by atoms with Gasteiger partial charge in [-0.2, -0.15) is 0 Å². The molecule has 2 rings (SSSR count). The van der Waals surface area contributed by atoms with Crippen LogP contribution in [-0.2, 0) is 11.2 Å². The Morgan fingerprint density at radius 1 is 1.60 bits per heavy atom. The van der Waals surface area contributed by atoms with Gasteiger partial charge in [0.05, 0.1) is 12.8 Å². The van der Waals surface area contributed by atoms with Crippen LogP contribution in [0.2, 0.25) is 0 Å². The normalized spacial score (nSPS) is 18.8. The molecule has 1 aliphatic heterocycles. The van der Waals surface area contributed by atoms with Gasteiger partial charge in [-0.25, -0.2) is 4.79 Å². The third-order valence-corrected chi connectivity index (χ3v) is 2.82. The lowest BCUT2D eigenvalue weighted by atomic mass is 10.1. The molecule has 1 aromatic rings. The molecule has 0 fully saturated rings. The van der Waals surface area contributed by atoms with Gasteiger partial charge in [0.2, 0.25) is 0 Å². The number of carboxylic acids is 1.